The molecule has 1 unspecified atom stereocenters. The molecule has 5 nitrogen and oxygen atoms in total. The summed E-state index contributed by atoms with van der Waals surface area (Å²) in [4.78, 5) is 22.2. The van der Waals surface area contributed by atoms with Crippen LogP contribution in [0.5, 0.6) is 0 Å². The molecule has 0 aromatic rings. The van der Waals surface area contributed by atoms with Crippen LogP contribution < -0.4 is 5.32 Å². The topological polar surface area (TPSA) is 56.8 Å². The highest BCUT2D eigenvalue weighted by Crippen LogP contribution is 2.22. The van der Waals surface area contributed by atoms with E-state index in [2.05, 4.69) is 11.9 Å². The smallest absolute Gasteiger partial charge is 0.407 e. The number of hydrogen-bond acceptors (Lipinski definition) is 4. The van der Waals surface area contributed by atoms with Gasteiger partial charge in [0.1, 0.15) is 12.2 Å². The van der Waals surface area contributed by atoms with Gasteiger partial charge in [-0.3, -0.25) is 0 Å². The van der Waals surface area contributed by atoms with Crippen LogP contribution in [0.15, 0.2) is 12.7 Å². The standard InChI is InChI=1S/C14H27NO4/c1-7-9-14(6,19-18-13(3,4)5)11-17-12(16)15-10-8-2/h8H,2,7,9-11H2,1,3-6H3,(H,15,16). The molecule has 1 amide bonds. The van der Waals surface area contributed by atoms with Gasteiger partial charge in [-0.25, -0.2) is 14.6 Å². The Balaban J connectivity index is 4.29. The van der Waals surface area contributed by atoms with Gasteiger partial charge in [0, 0.05) is 6.54 Å². The molecule has 5 heteroatoms. The molecule has 0 spiro atoms. The summed E-state index contributed by atoms with van der Waals surface area (Å²) in [7, 11) is 0. The molecule has 0 radical (unpaired) electrons. The fourth-order valence-corrected chi connectivity index (χ4v) is 1.32. The number of hydrogen-bond donors (Lipinski definition) is 1. The number of amides is 1. The maximum absolute atomic E-state index is 11.4. The summed E-state index contributed by atoms with van der Waals surface area (Å²) < 4.78 is 5.12. The molecular weight excluding hydrogens is 246 g/mol. The van der Waals surface area contributed by atoms with Crippen LogP contribution in [0.2, 0.25) is 0 Å². The molecule has 0 saturated heterocycles. The predicted molar refractivity (Wildman–Crippen MR) is 74.8 cm³/mol. The maximum Gasteiger partial charge on any atom is 0.407 e. The molecule has 1 atom stereocenters. The lowest BCUT2D eigenvalue weighted by molar-refractivity contribution is -0.405. The van der Waals surface area contributed by atoms with Crippen molar-refractivity contribution >= 4 is 6.09 Å². The van der Waals surface area contributed by atoms with Gasteiger partial charge in [-0.05, 0) is 34.1 Å². The third-order valence-corrected chi connectivity index (χ3v) is 2.17. The fraction of sp³-hybridized carbons (Fsp3) is 0.786. The second-order valence-corrected chi connectivity index (χ2v) is 5.72. The second kappa shape index (κ2) is 8.17. The van der Waals surface area contributed by atoms with E-state index >= 15 is 0 Å². The van der Waals surface area contributed by atoms with E-state index in [9.17, 15) is 4.79 Å². The van der Waals surface area contributed by atoms with Gasteiger partial charge in [-0.15, -0.1) is 6.58 Å². The maximum atomic E-state index is 11.4. The molecule has 0 aromatic heterocycles. The highest BCUT2D eigenvalue weighted by molar-refractivity contribution is 5.67. The van der Waals surface area contributed by atoms with Crippen molar-refractivity contribution in [1.82, 2.24) is 5.32 Å². The molecule has 0 aromatic carbocycles. The average molecular weight is 273 g/mol. The van der Waals surface area contributed by atoms with E-state index in [1.165, 1.54) is 0 Å². The number of nitrogens with one attached hydrogen (secondary N) is 1. The zero-order chi connectivity index (χ0) is 14.9. The molecule has 0 aliphatic heterocycles. The van der Waals surface area contributed by atoms with Crippen LogP contribution in [0.25, 0.3) is 0 Å². The van der Waals surface area contributed by atoms with Crippen LogP contribution in [0.4, 0.5) is 4.79 Å². The molecule has 0 aliphatic carbocycles. The lowest BCUT2D eigenvalue weighted by atomic mass is 10.0. The van der Waals surface area contributed by atoms with E-state index < -0.39 is 17.3 Å². The van der Waals surface area contributed by atoms with Gasteiger partial charge < -0.3 is 10.1 Å². The number of alkyl carbamates (subject to hydrolysis) is 1. The zero-order valence-corrected chi connectivity index (χ0v) is 12.7. The van der Waals surface area contributed by atoms with Crippen molar-refractivity contribution < 1.29 is 19.3 Å². The van der Waals surface area contributed by atoms with E-state index in [4.69, 9.17) is 14.5 Å². The molecule has 19 heavy (non-hydrogen) atoms. The number of carbonyl (C=O) groups is 1. The third kappa shape index (κ3) is 9.50. The molecule has 0 fully saturated rings. The summed E-state index contributed by atoms with van der Waals surface area (Å²) in [6.07, 6.45) is 2.74. The third-order valence-electron chi connectivity index (χ3n) is 2.17. The SMILES string of the molecule is C=CCNC(=O)OCC(C)(CCC)OOC(C)(C)C. The Morgan fingerprint density at radius 2 is 1.89 bits per heavy atom. The first kappa shape index (κ1) is 17.9. The van der Waals surface area contributed by atoms with Crippen LogP contribution in [0, 0.1) is 0 Å². The Bertz CT molecular complexity index is 286. The lowest BCUT2D eigenvalue weighted by Gasteiger charge is -2.31. The van der Waals surface area contributed by atoms with E-state index in [1.807, 2.05) is 34.6 Å². The average Bonchev–Trinajstić information content (AvgIpc) is 2.31. The van der Waals surface area contributed by atoms with Gasteiger partial charge in [0.2, 0.25) is 0 Å². The van der Waals surface area contributed by atoms with Crippen molar-refractivity contribution in [1.29, 1.82) is 0 Å². The highest BCUT2D eigenvalue weighted by Gasteiger charge is 2.30. The van der Waals surface area contributed by atoms with Crippen molar-refractivity contribution in [2.45, 2.75) is 58.7 Å². The number of carbonyl (C=O) groups excluding carboxylic acids is 1. The van der Waals surface area contributed by atoms with Crippen molar-refractivity contribution in [2.24, 2.45) is 0 Å². The minimum absolute atomic E-state index is 0.139. The van der Waals surface area contributed by atoms with Gasteiger partial charge in [-0.2, -0.15) is 0 Å². The van der Waals surface area contributed by atoms with E-state index in [0.29, 0.717) is 6.54 Å². The van der Waals surface area contributed by atoms with Crippen LogP contribution in [-0.4, -0.2) is 30.4 Å². The zero-order valence-electron chi connectivity index (χ0n) is 12.7. The molecular formula is C14H27NO4. The Labute approximate surface area is 116 Å². The van der Waals surface area contributed by atoms with Crippen LogP contribution in [-0.2, 0) is 14.5 Å². The van der Waals surface area contributed by atoms with Crippen molar-refractivity contribution in [2.75, 3.05) is 13.2 Å². The molecule has 0 bridgehead atoms. The van der Waals surface area contributed by atoms with Gasteiger partial charge in [-0.1, -0.05) is 19.4 Å². The summed E-state index contributed by atoms with van der Waals surface area (Å²) >= 11 is 0. The van der Waals surface area contributed by atoms with Crippen LogP contribution in [0.3, 0.4) is 0 Å². The molecule has 0 rings (SSSR count). The quantitative estimate of drug-likeness (QED) is 0.419. The fourth-order valence-electron chi connectivity index (χ4n) is 1.32. The van der Waals surface area contributed by atoms with Gasteiger partial charge in [0.05, 0.1) is 5.60 Å². The first-order chi connectivity index (χ1) is 8.72. The number of ether oxygens (including phenoxy) is 1. The Morgan fingerprint density at radius 1 is 1.26 bits per heavy atom. The summed E-state index contributed by atoms with van der Waals surface area (Å²) in [5, 5.41) is 2.54. The van der Waals surface area contributed by atoms with Crippen molar-refractivity contribution in [3.8, 4) is 0 Å². The Hall–Kier alpha value is -1.07. The van der Waals surface area contributed by atoms with E-state index in [1.54, 1.807) is 6.08 Å². The normalized spacial score (nSPS) is 14.6. The minimum atomic E-state index is -0.645. The second-order valence-electron chi connectivity index (χ2n) is 5.72. The number of rotatable bonds is 8. The Kier molecular flexibility index (Phi) is 7.71. The molecule has 1 N–H and O–H groups in total. The predicted octanol–water partition coefficient (Wildman–Crippen LogP) is 3.20. The minimum Gasteiger partial charge on any atom is -0.446 e. The van der Waals surface area contributed by atoms with Crippen molar-refractivity contribution in [3.05, 3.63) is 12.7 Å². The van der Waals surface area contributed by atoms with Crippen molar-refractivity contribution in [3.63, 3.8) is 0 Å². The molecule has 112 valence electrons. The summed E-state index contributed by atoms with van der Waals surface area (Å²) in [5.74, 6) is 0. The van der Waals surface area contributed by atoms with E-state index in [-0.39, 0.29) is 6.61 Å². The monoisotopic (exact) mass is 273 g/mol. The summed E-state index contributed by atoms with van der Waals surface area (Å²) in [6, 6.07) is 0. The van der Waals surface area contributed by atoms with Gasteiger partial charge in [0.25, 0.3) is 0 Å². The summed E-state index contributed by atoms with van der Waals surface area (Å²) in [6.45, 7) is 13.6. The summed E-state index contributed by atoms with van der Waals surface area (Å²) in [5.41, 5.74) is -1.05. The van der Waals surface area contributed by atoms with Gasteiger partial charge >= 0.3 is 6.09 Å². The van der Waals surface area contributed by atoms with E-state index in [0.717, 1.165) is 12.8 Å². The molecule has 0 aliphatic rings. The van der Waals surface area contributed by atoms with Crippen LogP contribution in [0.1, 0.15) is 47.5 Å². The molecule has 0 saturated carbocycles. The first-order valence-corrected chi connectivity index (χ1v) is 6.61. The largest absolute Gasteiger partial charge is 0.446 e. The highest BCUT2D eigenvalue weighted by atomic mass is 17.2. The Morgan fingerprint density at radius 3 is 2.37 bits per heavy atom. The lowest BCUT2D eigenvalue weighted by Crippen LogP contribution is -2.39. The molecule has 0 heterocycles. The van der Waals surface area contributed by atoms with Crippen LogP contribution >= 0.6 is 0 Å². The first-order valence-electron chi connectivity index (χ1n) is 6.61. The van der Waals surface area contributed by atoms with Gasteiger partial charge in [0.15, 0.2) is 0 Å².